The van der Waals surface area contributed by atoms with Crippen molar-refractivity contribution in [3.63, 3.8) is 0 Å². The summed E-state index contributed by atoms with van der Waals surface area (Å²) in [4.78, 5) is 10.9. The van der Waals surface area contributed by atoms with E-state index in [0.29, 0.717) is 6.54 Å². The van der Waals surface area contributed by atoms with E-state index in [4.69, 9.17) is 4.74 Å². The van der Waals surface area contributed by atoms with Gasteiger partial charge in [-0.3, -0.25) is 4.79 Å². The van der Waals surface area contributed by atoms with Crippen LogP contribution in [0.5, 0.6) is 5.75 Å². The van der Waals surface area contributed by atoms with Crippen molar-refractivity contribution in [2.45, 2.75) is 13.3 Å². The number of nitrogens with one attached hydrogen (secondary N) is 1. The first-order chi connectivity index (χ1) is 9.70. The number of carbonyl (C=O) groups excluding carboxylic acids is 1. The van der Waals surface area contributed by atoms with Gasteiger partial charge in [-0.2, -0.15) is 0 Å². The van der Waals surface area contributed by atoms with Gasteiger partial charge in [0, 0.05) is 13.5 Å². The third-order valence-electron chi connectivity index (χ3n) is 3.16. The molecule has 20 heavy (non-hydrogen) atoms. The van der Waals surface area contributed by atoms with E-state index < -0.39 is 0 Å². The first-order valence-electron chi connectivity index (χ1n) is 6.67. The topological polar surface area (TPSA) is 38.3 Å². The molecular formula is C17H19NO2. The second kappa shape index (κ2) is 6.75. The summed E-state index contributed by atoms with van der Waals surface area (Å²) in [5, 5.41) is 2.81. The van der Waals surface area contributed by atoms with E-state index in [9.17, 15) is 4.79 Å². The Morgan fingerprint density at radius 1 is 1.10 bits per heavy atom. The first-order valence-corrected chi connectivity index (χ1v) is 6.67. The van der Waals surface area contributed by atoms with Crippen LogP contribution in [-0.4, -0.2) is 19.6 Å². The number of rotatable bonds is 5. The predicted molar refractivity (Wildman–Crippen MR) is 80.8 cm³/mol. The maximum absolute atomic E-state index is 10.9. The summed E-state index contributed by atoms with van der Waals surface area (Å²) < 4.78 is 5.38. The van der Waals surface area contributed by atoms with Gasteiger partial charge < -0.3 is 10.1 Å². The lowest BCUT2D eigenvalue weighted by Gasteiger charge is -2.11. The van der Waals surface area contributed by atoms with Gasteiger partial charge in [0.25, 0.3) is 0 Å². The van der Waals surface area contributed by atoms with Crippen molar-refractivity contribution in [1.29, 1.82) is 0 Å². The van der Waals surface area contributed by atoms with Crippen LogP contribution in [0.1, 0.15) is 12.5 Å². The molecule has 0 aliphatic rings. The van der Waals surface area contributed by atoms with E-state index in [1.165, 1.54) is 12.5 Å². The van der Waals surface area contributed by atoms with Crippen LogP contribution in [-0.2, 0) is 11.2 Å². The highest BCUT2D eigenvalue weighted by Gasteiger charge is 2.06. The van der Waals surface area contributed by atoms with E-state index in [1.54, 1.807) is 7.11 Å². The number of hydrogen-bond donors (Lipinski definition) is 1. The van der Waals surface area contributed by atoms with E-state index in [2.05, 4.69) is 29.6 Å². The Labute approximate surface area is 119 Å². The molecular weight excluding hydrogens is 250 g/mol. The highest BCUT2D eigenvalue weighted by atomic mass is 16.5. The zero-order valence-electron chi connectivity index (χ0n) is 11.8. The number of hydrogen-bond acceptors (Lipinski definition) is 2. The normalized spacial score (nSPS) is 10.1. The first kappa shape index (κ1) is 14.1. The molecule has 0 radical (unpaired) electrons. The van der Waals surface area contributed by atoms with Crippen LogP contribution in [0.3, 0.4) is 0 Å². The number of amides is 1. The van der Waals surface area contributed by atoms with Gasteiger partial charge in [0.15, 0.2) is 0 Å². The number of benzene rings is 2. The monoisotopic (exact) mass is 269 g/mol. The van der Waals surface area contributed by atoms with Gasteiger partial charge >= 0.3 is 0 Å². The fourth-order valence-electron chi connectivity index (χ4n) is 2.16. The molecule has 0 aliphatic heterocycles. The fraction of sp³-hybridized carbons (Fsp3) is 0.235. The fourth-order valence-corrected chi connectivity index (χ4v) is 2.16. The lowest BCUT2D eigenvalue weighted by molar-refractivity contribution is -0.118. The average Bonchev–Trinajstić information content (AvgIpc) is 2.47. The van der Waals surface area contributed by atoms with Crippen LogP contribution in [0.25, 0.3) is 11.1 Å². The predicted octanol–water partition coefficient (Wildman–Crippen LogP) is 3.04. The molecule has 3 heteroatoms. The Hall–Kier alpha value is -2.29. The summed E-state index contributed by atoms with van der Waals surface area (Å²) in [5.74, 6) is 0.846. The molecule has 2 rings (SSSR count). The minimum atomic E-state index is -0.0109. The Morgan fingerprint density at radius 3 is 2.50 bits per heavy atom. The zero-order chi connectivity index (χ0) is 14.4. The molecule has 0 fully saturated rings. The summed E-state index contributed by atoms with van der Waals surface area (Å²) >= 11 is 0. The van der Waals surface area contributed by atoms with E-state index in [1.807, 2.05) is 24.3 Å². The third-order valence-corrected chi connectivity index (χ3v) is 3.16. The Balaban J connectivity index is 2.22. The Kier molecular flexibility index (Phi) is 4.77. The van der Waals surface area contributed by atoms with Gasteiger partial charge in [-0.1, -0.05) is 36.4 Å². The summed E-state index contributed by atoms with van der Waals surface area (Å²) in [7, 11) is 1.67. The largest absolute Gasteiger partial charge is 0.496 e. The van der Waals surface area contributed by atoms with Crippen molar-refractivity contribution in [1.82, 2.24) is 5.32 Å². The SMILES string of the molecule is COc1ccc(-c2ccccc2)cc1CCNC(C)=O. The van der Waals surface area contributed by atoms with Crippen LogP contribution < -0.4 is 10.1 Å². The third kappa shape index (κ3) is 3.60. The Bertz CT molecular complexity index is 579. The number of ether oxygens (including phenoxy) is 1. The van der Waals surface area contributed by atoms with Crippen molar-refractivity contribution < 1.29 is 9.53 Å². The molecule has 2 aromatic rings. The molecule has 0 bridgehead atoms. The summed E-state index contributed by atoms with van der Waals surface area (Å²) in [6.07, 6.45) is 0.753. The highest BCUT2D eigenvalue weighted by molar-refractivity contribution is 5.72. The molecule has 0 aliphatic carbocycles. The molecule has 0 aromatic heterocycles. The van der Waals surface area contributed by atoms with Crippen LogP contribution in [0, 0.1) is 0 Å². The Morgan fingerprint density at radius 2 is 1.85 bits per heavy atom. The summed E-state index contributed by atoms with van der Waals surface area (Å²) in [6.45, 7) is 2.14. The molecule has 1 N–H and O–H groups in total. The molecule has 0 heterocycles. The average molecular weight is 269 g/mol. The highest BCUT2D eigenvalue weighted by Crippen LogP contribution is 2.26. The standard InChI is InChI=1S/C17H19NO2/c1-13(19)18-11-10-16-12-15(8-9-17(16)20-2)14-6-4-3-5-7-14/h3-9,12H,10-11H2,1-2H3,(H,18,19). The van der Waals surface area contributed by atoms with Gasteiger partial charge in [-0.05, 0) is 35.2 Å². The quantitative estimate of drug-likeness (QED) is 0.906. The lowest BCUT2D eigenvalue weighted by atomic mass is 10.0. The van der Waals surface area contributed by atoms with E-state index in [0.717, 1.165) is 23.3 Å². The van der Waals surface area contributed by atoms with Crippen LogP contribution in [0.15, 0.2) is 48.5 Å². The summed E-state index contributed by atoms with van der Waals surface area (Å²) in [6, 6.07) is 16.4. The number of carbonyl (C=O) groups is 1. The van der Waals surface area contributed by atoms with E-state index in [-0.39, 0.29) is 5.91 Å². The van der Waals surface area contributed by atoms with Crippen LogP contribution in [0.4, 0.5) is 0 Å². The van der Waals surface area contributed by atoms with Gasteiger partial charge in [-0.25, -0.2) is 0 Å². The molecule has 3 nitrogen and oxygen atoms in total. The van der Waals surface area contributed by atoms with Crippen molar-refractivity contribution in [3.05, 3.63) is 54.1 Å². The maximum atomic E-state index is 10.9. The number of methoxy groups -OCH3 is 1. The van der Waals surface area contributed by atoms with Crippen molar-refractivity contribution in [2.75, 3.05) is 13.7 Å². The minimum Gasteiger partial charge on any atom is -0.496 e. The molecule has 2 aromatic carbocycles. The molecule has 1 amide bonds. The second-order valence-corrected chi connectivity index (χ2v) is 4.63. The molecule has 0 saturated carbocycles. The maximum Gasteiger partial charge on any atom is 0.216 e. The van der Waals surface area contributed by atoms with Crippen LogP contribution >= 0.6 is 0 Å². The lowest BCUT2D eigenvalue weighted by Crippen LogP contribution is -2.22. The molecule has 0 spiro atoms. The van der Waals surface area contributed by atoms with E-state index >= 15 is 0 Å². The van der Waals surface area contributed by atoms with Crippen molar-refractivity contribution in [3.8, 4) is 16.9 Å². The van der Waals surface area contributed by atoms with Gasteiger partial charge in [0.2, 0.25) is 5.91 Å². The molecule has 0 saturated heterocycles. The van der Waals surface area contributed by atoms with Gasteiger partial charge in [-0.15, -0.1) is 0 Å². The zero-order valence-corrected chi connectivity index (χ0v) is 11.8. The molecule has 104 valence electrons. The molecule has 0 atom stereocenters. The van der Waals surface area contributed by atoms with Gasteiger partial charge in [0.05, 0.1) is 7.11 Å². The second-order valence-electron chi connectivity index (χ2n) is 4.63. The summed E-state index contributed by atoms with van der Waals surface area (Å²) in [5.41, 5.74) is 3.43. The molecule has 0 unspecified atom stereocenters. The minimum absolute atomic E-state index is 0.0109. The smallest absolute Gasteiger partial charge is 0.216 e. The van der Waals surface area contributed by atoms with Crippen molar-refractivity contribution >= 4 is 5.91 Å². The van der Waals surface area contributed by atoms with Crippen molar-refractivity contribution in [2.24, 2.45) is 0 Å². The van der Waals surface area contributed by atoms with Crippen LogP contribution in [0.2, 0.25) is 0 Å². The van der Waals surface area contributed by atoms with Gasteiger partial charge in [0.1, 0.15) is 5.75 Å².